The van der Waals surface area contributed by atoms with Crippen LogP contribution in [0.25, 0.3) is 16.6 Å². The molecule has 4 heterocycles. The van der Waals surface area contributed by atoms with E-state index >= 15 is 0 Å². The molecule has 158 valence electrons. The Balaban J connectivity index is 1.22. The summed E-state index contributed by atoms with van der Waals surface area (Å²) in [5.74, 6) is 1.31. The van der Waals surface area contributed by atoms with Gasteiger partial charge < -0.3 is 4.90 Å². The van der Waals surface area contributed by atoms with Crippen molar-refractivity contribution in [1.82, 2.24) is 29.0 Å². The molecular formula is C22H21BrN6O2. The number of likely N-dealkylation sites (tertiary alicyclic amines) is 1. The number of amides is 1. The van der Waals surface area contributed by atoms with Crippen LogP contribution < -0.4 is 5.56 Å². The maximum atomic E-state index is 12.8. The number of pyridine rings is 1. The SMILES string of the molecule is O=C(CCn1cnc2ccc(Br)cc2c1=O)N1CCC(c2nnc3ccccn23)CC1. The van der Waals surface area contributed by atoms with Crippen molar-refractivity contribution in [2.75, 3.05) is 13.1 Å². The van der Waals surface area contributed by atoms with E-state index in [0.717, 1.165) is 28.8 Å². The molecule has 1 fully saturated rings. The number of carbonyl (C=O) groups is 1. The molecular weight excluding hydrogens is 460 g/mol. The first-order chi connectivity index (χ1) is 15.1. The van der Waals surface area contributed by atoms with E-state index in [9.17, 15) is 9.59 Å². The molecule has 1 aliphatic heterocycles. The summed E-state index contributed by atoms with van der Waals surface area (Å²) in [7, 11) is 0. The highest BCUT2D eigenvalue weighted by atomic mass is 79.9. The Hall–Kier alpha value is -3.07. The van der Waals surface area contributed by atoms with Gasteiger partial charge in [0, 0.05) is 42.6 Å². The number of carbonyl (C=O) groups excluding carboxylic acids is 1. The maximum Gasteiger partial charge on any atom is 0.261 e. The number of aryl methyl sites for hydroxylation is 1. The molecule has 4 aromatic rings. The Labute approximate surface area is 186 Å². The normalized spacial score (nSPS) is 15.1. The summed E-state index contributed by atoms with van der Waals surface area (Å²) in [6, 6.07) is 11.3. The summed E-state index contributed by atoms with van der Waals surface area (Å²) in [5.41, 5.74) is 1.37. The van der Waals surface area contributed by atoms with Gasteiger partial charge in [0.15, 0.2) is 5.65 Å². The van der Waals surface area contributed by atoms with Crippen molar-refractivity contribution in [3.05, 3.63) is 69.6 Å². The smallest absolute Gasteiger partial charge is 0.261 e. The molecule has 31 heavy (non-hydrogen) atoms. The monoisotopic (exact) mass is 480 g/mol. The van der Waals surface area contributed by atoms with Gasteiger partial charge in [0.05, 0.1) is 17.2 Å². The quantitative estimate of drug-likeness (QED) is 0.448. The third-order valence-electron chi connectivity index (χ3n) is 5.91. The van der Waals surface area contributed by atoms with Crippen LogP contribution in [-0.2, 0) is 11.3 Å². The number of piperidine rings is 1. The van der Waals surface area contributed by atoms with E-state index in [1.165, 1.54) is 10.9 Å². The zero-order chi connectivity index (χ0) is 21.4. The van der Waals surface area contributed by atoms with Gasteiger partial charge in [-0.25, -0.2) is 4.98 Å². The van der Waals surface area contributed by atoms with Crippen molar-refractivity contribution in [3.8, 4) is 0 Å². The summed E-state index contributed by atoms with van der Waals surface area (Å²) in [6.07, 6.45) is 5.49. The summed E-state index contributed by atoms with van der Waals surface area (Å²) < 4.78 is 4.37. The Morgan fingerprint density at radius 3 is 2.81 bits per heavy atom. The van der Waals surface area contributed by atoms with Crippen LogP contribution >= 0.6 is 15.9 Å². The molecule has 1 saturated heterocycles. The molecule has 5 rings (SSSR count). The van der Waals surface area contributed by atoms with Gasteiger partial charge in [-0.3, -0.25) is 18.6 Å². The van der Waals surface area contributed by atoms with E-state index in [4.69, 9.17) is 0 Å². The number of rotatable bonds is 4. The highest BCUT2D eigenvalue weighted by Crippen LogP contribution is 2.27. The van der Waals surface area contributed by atoms with Gasteiger partial charge in [-0.05, 0) is 43.2 Å². The van der Waals surface area contributed by atoms with Gasteiger partial charge >= 0.3 is 0 Å². The average molecular weight is 481 g/mol. The van der Waals surface area contributed by atoms with Gasteiger partial charge in [0.25, 0.3) is 5.56 Å². The van der Waals surface area contributed by atoms with E-state index in [0.29, 0.717) is 30.5 Å². The predicted molar refractivity (Wildman–Crippen MR) is 120 cm³/mol. The van der Waals surface area contributed by atoms with Crippen molar-refractivity contribution in [3.63, 3.8) is 0 Å². The highest BCUT2D eigenvalue weighted by Gasteiger charge is 2.26. The van der Waals surface area contributed by atoms with Crippen molar-refractivity contribution < 1.29 is 4.79 Å². The Bertz CT molecular complexity index is 1320. The number of hydrogen-bond donors (Lipinski definition) is 0. The van der Waals surface area contributed by atoms with Crippen LogP contribution in [0.15, 0.2) is 58.2 Å². The van der Waals surface area contributed by atoms with E-state index < -0.39 is 0 Å². The standard InChI is InChI=1S/C22H21BrN6O2/c23-16-4-5-18-17(13-16)22(31)28(14-24-18)12-8-20(30)27-10-6-15(7-11-27)21-26-25-19-3-1-2-9-29(19)21/h1-5,9,13-15H,6-8,10-12H2. The number of nitrogens with zero attached hydrogens (tertiary/aromatic N) is 6. The molecule has 3 aromatic heterocycles. The highest BCUT2D eigenvalue weighted by molar-refractivity contribution is 9.10. The molecule has 0 N–H and O–H groups in total. The summed E-state index contributed by atoms with van der Waals surface area (Å²) in [4.78, 5) is 31.7. The van der Waals surface area contributed by atoms with Crippen molar-refractivity contribution in [2.24, 2.45) is 0 Å². The summed E-state index contributed by atoms with van der Waals surface area (Å²) >= 11 is 3.39. The van der Waals surface area contributed by atoms with Crippen LogP contribution in [0.1, 0.15) is 31.0 Å². The lowest BCUT2D eigenvalue weighted by Crippen LogP contribution is -2.39. The fourth-order valence-corrected chi connectivity index (χ4v) is 4.55. The Kier molecular flexibility index (Phi) is 5.27. The zero-order valence-corrected chi connectivity index (χ0v) is 18.4. The van der Waals surface area contributed by atoms with E-state index in [2.05, 4.69) is 31.1 Å². The van der Waals surface area contributed by atoms with Crippen LogP contribution in [-0.4, -0.2) is 48.0 Å². The first-order valence-corrected chi connectivity index (χ1v) is 11.1. The second-order valence-electron chi connectivity index (χ2n) is 7.80. The van der Waals surface area contributed by atoms with Crippen LogP contribution in [0.4, 0.5) is 0 Å². The molecule has 1 amide bonds. The third-order valence-corrected chi connectivity index (χ3v) is 6.40. The first kappa shape index (κ1) is 19.9. The van der Waals surface area contributed by atoms with Crippen molar-refractivity contribution in [2.45, 2.75) is 31.7 Å². The van der Waals surface area contributed by atoms with E-state index in [1.807, 2.05) is 39.8 Å². The molecule has 0 bridgehead atoms. The van der Waals surface area contributed by atoms with Gasteiger partial charge in [0.1, 0.15) is 5.82 Å². The molecule has 8 nitrogen and oxygen atoms in total. The Morgan fingerprint density at radius 1 is 1.13 bits per heavy atom. The molecule has 1 aromatic carbocycles. The van der Waals surface area contributed by atoms with Gasteiger partial charge in [0.2, 0.25) is 5.91 Å². The summed E-state index contributed by atoms with van der Waals surface area (Å²) in [6.45, 7) is 1.69. The second kappa shape index (κ2) is 8.22. The number of hydrogen-bond acceptors (Lipinski definition) is 5. The molecule has 0 saturated carbocycles. The van der Waals surface area contributed by atoms with Crippen LogP contribution in [0.2, 0.25) is 0 Å². The van der Waals surface area contributed by atoms with E-state index in [-0.39, 0.29) is 23.8 Å². The van der Waals surface area contributed by atoms with Crippen LogP contribution in [0, 0.1) is 0 Å². The third kappa shape index (κ3) is 3.85. The number of halogens is 1. The first-order valence-electron chi connectivity index (χ1n) is 10.3. The fraction of sp³-hybridized carbons (Fsp3) is 0.318. The topological polar surface area (TPSA) is 85.4 Å². The lowest BCUT2D eigenvalue weighted by molar-refractivity contribution is -0.132. The lowest BCUT2D eigenvalue weighted by Gasteiger charge is -2.31. The van der Waals surface area contributed by atoms with Gasteiger partial charge in [-0.15, -0.1) is 10.2 Å². The molecule has 9 heteroatoms. The average Bonchev–Trinajstić information content (AvgIpc) is 3.23. The maximum absolute atomic E-state index is 12.8. The van der Waals surface area contributed by atoms with Crippen molar-refractivity contribution >= 4 is 38.4 Å². The zero-order valence-electron chi connectivity index (χ0n) is 16.8. The molecule has 0 aliphatic carbocycles. The minimum atomic E-state index is -0.128. The minimum Gasteiger partial charge on any atom is -0.343 e. The molecule has 0 radical (unpaired) electrons. The summed E-state index contributed by atoms with van der Waals surface area (Å²) in [5, 5.41) is 9.15. The number of aromatic nitrogens is 5. The Morgan fingerprint density at radius 2 is 1.97 bits per heavy atom. The molecule has 0 spiro atoms. The van der Waals surface area contributed by atoms with Gasteiger partial charge in [-0.2, -0.15) is 0 Å². The number of fused-ring (bicyclic) bond motifs is 2. The molecule has 0 atom stereocenters. The number of benzene rings is 1. The minimum absolute atomic E-state index is 0.0609. The van der Waals surface area contributed by atoms with Crippen LogP contribution in [0.5, 0.6) is 0 Å². The van der Waals surface area contributed by atoms with Crippen LogP contribution in [0.3, 0.4) is 0 Å². The van der Waals surface area contributed by atoms with Crippen molar-refractivity contribution in [1.29, 1.82) is 0 Å². The lowest BCUT2D eigenvalue weighted by atomic mass is 9.95. The van der Waals surface area contributed by atoms with E-state index in [1.54, 1.807) is 12.1 Å². The largest absolute Gasteiger partial charge is 0.343 e. The molecule has 0 unspecified atom stereocenters. The fourth-order valence-electron chi connectivity index (χ4n) is 4.19. The van der Waals surface area contributed by atoms with Gasteiger partial charge in [-0.1, -0.05) is 22.0 Å². The second-order valence-corrected chi connectivity index (χ2v) is 8.71. The molecule has 1 aliphatic rings. The predicted octanol–water partition coefficient (Wildman–Crippen LogP) is 3.00.